The van der Waals surface area contributed by atoms with Crippen molar-refractivity contribution in [2.24, 2.45) is 5.41 Å². The summed E-state index contributed by atoms with van der Waals surface area (Å²) in [7, 11) is 2.19. The van der Waals surface area contributed by atoms with Crippen molar-refractivity contribution in [3.05, 3.63) is 0 Å². The molecule has 4 nitrogen and oxygen atoms in total. The minimum absolute atomic E-state index is 0.379. The van der Waals surface area contributed by atoms with Crippen molar-refractivity contribution in [3.63, 3.8) is 0 Å². The van der Waals surface area contributed by atoms with Gasteiger partial charge >= 0.3 is 0 Å². The Bertz CT molecular complexity index is 265. The van der Waals surface area contributed by atoms with Crippen LogP contribution in [0.2, 0.25) is 0 Å². The molecular weight excluding hydrogens is 258 g/mol. The Morgan fingerprint density at radius 1 is 1.32 bits per heavy atom. The average molecular weight is 287 g/mol. The number of nitrogens with zero attached hydrogens (tertiary/aromatic N) is 1. The normalized spacial score (nSPS) is 19.1. The van der Waals surface area contributed by atoms with E-state index in [1.54, 1.807) is 0 Å². The second kappa shape index (κ2) is 8.72. The molecule has 0 bridgehead atoms. The summed E-state index contributed by atoms with van der Waals surface area (Å²) >= 11 is 5.30. The smallest absolute Gasteiger partial charge is 0.166 e. The summed E-state index contributed by atoms with van der Waals surface area (Å²) in [5.41, 5.74) is 0.379. The molecule has 0 unspecified atom stereocenters. The lowest BCUT2D eigenvalue weighted by molar-refractivity contribution is 0.141. The quantitative estimate of drug-likeness (QED) is 0.549. The van der Waals surface area contributed by atoms with Crippen molar-refractivity contribution in [2.45, 2.75) is 33.1 Å². The van der Waals surface area contributed by atoms with Gasteiger partial charge in [0.2, 0.25) is 0 Å². The Morgan fingerprint density at radius 3 is 2.63 bits per heavy atom. The molecule has 0 atom stereocenters. The number of ether oxygens (including phenoxy) is 1. The molecule has 1 heterocycles. The molecule has 0 aromatic rings. The lowest BCUT2D eigenvalue weighted by Crippen LogP contribution is -2.46. The molecule has 0 saturated carbocycles. The molecule has 19 heavy (non-hydrogen) atoms. The minimum Gasteiger partial charge on any atom is -0.382 e. The predicted molar refractivity (Wildman–Crippen MR) is 84.6 cm³/mol. The lowest BCUT2D eigenvalue weighted by Gasteiger charge is -2.38. The van der Waals surface area contributed by atoms with E-state index in [-0.39, 0.29) is 0 Å². The third-order valence-corrected chi connectivity index (χ3v) is 4.11. The van der Waals surface area contributed by atoms with Gasteiger partial charge in [-0.05, 0) is 64.0 Å². The first kappa shape index (κ1) is 16.7. The largest absolute Gasteiger partial charge is 0.382 e. The Balaban J connectivity index is 2.09. The number of hydrogen-bond acceptors (Lipinski definition) is 3. The van der Waals surface area contributed by atoms with Gasteiger partial charge in [0.15, 0.2) is 5.11 Å². The fourth-order valence-corrected chi connectivity index (χ4v) is 2.39. The van der Waals surface area contributed by atoms with Crippen LogP contribution >= 0.6 is 12.2 Å². The highest BCUT2D eigenvalue weighted by Gasteiger charge is 2.28. The highest BCUT2D eigenvalue weighted by Crippen LogP contribution is 2.29. The number of likely N-dealkylation sites (tertiary alicyclic amines) is 1. The summed E-state index contributed by atoms with van der Waals surface area (Å²) in [5.74, 6) is 0. The van der Waals surface area contributed by atoms with E-state index in [4.69, 9.17) is 17.0 Å². The molecule has 112 valence electrons. The van der Waals surface area contributed by atoms with Gasteiger partial charge in [0, 0.05) is 26.3 Å². The number of piperidine rings is 1. The molecule has 1 saturated heterocycles. The molecule has 0 aromatic heterocycles. The van der Waals surface area contributed by atoms with E-state index < -0.39 is 0 Å². The average Bonchev–Trinajstić information content (AvgIpc) is 2.40. The minimum atomic E-state index is 0.379. The van der Waals surface area contributed by atoms with Gasteiger partial charge in [-0.2, -0.15) is 0 Å². The van der Waals surface area contributed by atoms with Crippen molar-refractivity contribution in [1.29, 1.82) is 0 Å². The van der Waals surface area contributed by atoms with E-state index >= 15 is 0 Å². The van der Waals surface area contributed by atoms with E-state index in [1.807, 2.05) is 6.92 Å². The fourth-order valence-electron chi connectivity index (χ4n) is 2.21. The molecule has 0 radical (unpaired) electrons. The Hall–Kier alpha value is -0.390. The van der Waals surface area contributed by atoms with Crippen molar-refractivity contribution < 1.29 is 4.74 Å². The van der Waals surface area contributed by atoms with Gasteiger partial charge in [-0.1, -0.05) is 6.92 Å². The monoisotopic (exact) mass is 287 g/mol. The summed E-state index contributed by atoms with van der Waals surface area (Å²) in [6.45, 7) is 10.2. The van der Waals surface area contributed by atoms with Gasteiger partial charge in [-0.25, -0.2) is 0 Å². The highest BCUT2D eigenvalue weighted by atomic mass is 32.1. The van der Waals surface area contributed by atoms with Gasteiger partial charge in [-0.3, -0.25) is 0 Å². The molecule has 0 amide bonds. The number of rotatable bonds is 7. The molecular formula is C14H29N3OS. The van der Waals surface area contributed by atoms with Gasteiger partial charge in [-0.15, -0.1) is 0 Å². The van der Waals surface area contributed by atoms with E-state index in [2.05, 4.69) is 29.5 Å². The van der Waals surface area contributed by atoms with Gasteiger partial charge in [0.1, 0.15) is 0 Å². The third kappa shape index (κ3) is 7.09. The first-order valence-electron chi connectivity index (χ1n) is 7.34. The van der Waals surface area contributed by atoms with Crippen LogP contribution in [0.5, 0.6) is 0 Å². The van der Waals surface area contributed by atoms with Crippen molar-refractivity contribution in [1.82, 2.24) is 15.5 Å². The zero-order valence-electron chi connectivity index (χ0n) is 12.6. The standard InChI is InChI=1S/C14H29N3OS/c1-4-18-11-5-8-15-13(19)16-12-14(2)6-9-17(3)10-7-14/h4-12H2,1-3H3,(H2,15,16,19). The molecule has 0 aliphatic carbocycles. The zero-order valence-corrected chi connectivity index (χ0v) is 13.4. The van der Waals surface area contributed by atoms with E-state index in [9.17, 15) is 0 Å². The second-order valence-corrected chi connectivity index (χ2v) is 6.18. The molecule has 1 aliphatic rings. The first-order chi connectivity index (χ1) is 9.06. The molecule has 1 fully saturated rings. The van der Waals surface area contributed by atoms with Gasteiger partial charge in [0.25, 0.3) is 0 Å². The van der Waals surface area contributed by atoms with Crippen molar-refractivity contribution in [2.75, 3.05) is 46.4 Å². The number of thiocarbonyl (C=S) groups is 1. The summed E-state index contributed by atoms with van der Waals surface area (Å²) < 4.78 is 5.29. The second-order valence-electron chi connectivity index (χ2n) is 5.77. The maximum atomic E-state index is 5.30. The van der Waals surface area contributed by atoms with E-state index in [1.165, 1.54) is 25.9 Å². The maximum absolute atomic E-state index is 5.30. The molecule has 5 heteroatoms. The van der Waals surface area contributed by atoms with Crippen LogP contribution < -0.4 is 10.6 Å². The fraction of sp³-hybridized carbons (Fsp3) is 0.929. The Kier molecular flexibility index (Phi) is 7.64. The van der Waals surface area contributed by atoms with E-state index in [0.717, 1.165) is 37.8 Å². The van der Waals surface area contributed by atoms with Crippen LogP contribution in [0.1, 0.15) is 33.1 Å². The molecule has 1 aliphatic heterocycles. The summed E-state index contributed by atoms with van der Waals surface area (Å²) in [6, 6.07) is 0. The Labute approximate surface area is 123 Å². The van der Waals surface area contributed by atoms with Crippen LogP contribution in [-0.4, -0.2) is 56.5 Å². The van der Waals surface area contributed by atoms with Crippen LogP contribution in [-0.2, 0) is 4.74 Å². The topological polar surface area (TPSA) is 36.5 Å². The van der Waals surface area contributed by atoms with Crippen LogP contribution in [0.15, 0.2) is 0 Å². The van der Waals surface area contributed by atoms with Crippen molar-refractivity contribution >= 4 is 17.3 Å². The van der Waals surface area contributed by atoms with Crippen LogP contribution in [0.3, 0.4) is 0 Å². The molecule has 1 rings (SSSR count). The maximum Gasteiger partial charge on any atom is 0.166 e. The number of nitrogens with one attached hydrogen (secondary N) is 2. The molecule has 0 spiro atoms. The third-order valence-electron chi connectivity index (χ3n) is 3.83. The van der Waals surface area contributed by atoms with E-state index in [0.29, 0.717) is 5.41 Å². The van der Waals surface area contributed by atoms with Gasteiger partial charge < -0.3 is 20.3 Å². The van der Waals surface area contributed by atoms with Crippen molar-refractivity contribution in [3.8, 4) is 0 Å². The molecule has 0 aromatic carbocycles. The predicted octanol–water partition coefficient (Wildman–Crippen LogP) is 1.61. The molecule has 2 N–H and O–H groups in total. The zero-order chi connectivity index (χ0) is 14.1. The van der Waals surface area contributed by atoms with Crippen LogP contribution in [0, 0.1) is 5.41 Å². The summed E-state index contributed by atoms with van der Waals surface area (Å²) in [4.78, 5) is 2.39. The van der Waals surface area contributed by atoms with Gasteiger partial charge in [0.05, 0.1) is 0 Å². The lowest BCUT2D eigenvalue weighted by atomic mass is 9.80. The highest BCUT2D eigenvalue weighted by molar-refractivity contribution is 7.80. The Morgan fingerprint density at radius 2 is 2.00 bits per heavy atom. The van der Waals surface area contributed by atoms with Crippen LogP contribution in [0.4, 0.5) is 0 Å². The SMILES string of the molecule is CCOCCCNC(=S)NCC1(C)CCN(C)CC1. The first-order valence-corrected chi connectivity index (χ1v) is 7.74. The summed E-state index contributed by atoms with van der Waals surface area (Å²) in [6.07, 6.45) is 3.48. The van der Waals surface area contributed by atoms with Crippen LogP contribution in [0.25, 0.3) is 0 Å². The summed E-state index contributed by atoms with van der Waals surface area (Å²) in [5, 5.41) is 7.37. The number of hydrogen-bond donors (Lipinski definition) is 2.